The van der Waals surface area contributed by atoms with Crippen LogP contribution < -0.4 is 0 Å². The fourth-order valence-corrected chi connectivity index (χ4v) is 2.34. The van der Waals surface area contributed by atoms with Crippen LogP contribution >= 0.6 is 9.24 Å². The lowest BCUT2D eigenvalue weighted by Gasteiger charge is -2.20. The van der Waals surface area contributed by atoms with Gasteiger partial charge >= 0.3 is 0 Å². The van der Waals surface area contributed by atoms with E-state index in [0.29, 0.717) is 0 Å². The van der Waals surface area contributed by atoms with Gasteiger partial charge in [-0.3, -0.25) is 0 Å². The van der Waals surface area contributed by atoms with Crippen LogP contribution in [0.15, 0.2) is 0 Å². The van der Waals surface area contributed by atoms with Gasteiger partial charge in [0, 0.05) is 0 Å². The van der Waals surface area contributed by atoms with E-state index in [1.165, 1.54) is 57.5 Å². The zero-order valence-electron chi connectivity index (χ0n) is 7.52. The van der Waals surface area contributed by atoms with Gasteiger partial charge in [-0.2, -0.15) is 0 Å². The zero-order chi connectivity index (χ0) is 7.94. The molecule has 1 rings (SSSR count). The van der Waals surface area contributed by atoms with Crippen molar-refractivity contribution in [3.63, 3.8) is 0 Å². The number of unbranched alkanes of at least 4 members (excludes halogenated alkanes) is 1. The molecule has 1 aliphatic carbocycles. The van der Waals surface area contributed by atoms with E-state index in [1.54, 1.807) is 0 Å². The van der Waals surface area contributed by atoms with E-state index in [1.807, 2.05) is 0 Å². The van der Waals surface area contributed by atoms with E-state index >= 15 is 0 Å². The summed E-state index contributed by atoms with van der Waals surface area (Å²) < 4.78 is 0. The van der Waals surface area contributed by atoms with E-state index < -0.39 is 0 Å². The molecule has 0 saturated heterocycles. The van der Waals surface area contributed by atoms with Gasteiger partial charge in [-0.25, -0.2) is 0 Å². The summed E-state index contributed by atoms with van der Waals surface area (Å²) in [6, 6.07) is 0. The van der Waals surface area contributed by atoms with Crippen molar-refractivity contribution < 1.29 is 0 Å². The van der Waals surface area contributed by atoms with Crippen LogP contribution in [0.1, 0.15) is 51.4 Å². The third-order valence-corrected chi connectivity index (χ3v) is 3.20. The number of hydrogen-bond acceptors (Lipinski definition) is 0. The molecule has 0 heterocycles. The van der Waals surface area contributed by atoms with E-state index in [4.69, 9.17) is 0 Å². The lowest BCUT2D eigenvalue weighted by atomic mass is 9.86. The summed E-state index contributed by atoms with van der Waals surface area (Å²) in [4.78, 5) is 0. The van der Waals surface area contributed by atoms with Crippen LogP contribution in [-0.2, 0) is 0 Å². The SMILES string of the molecule is PCCCCC1CCCCC1. The molecule has 0 amide bonds. The molecule has 1 fully saturated rings. The Morgan fingerprint density at radius 3 is 2.36 bits per heavy atom. The molecule has 1 heteroatoms. The molecule has 0 bridgehead atoms. The quantitative estimate of drug-likeness (QED) is 0.449. The molecule has 0 N–H and O–H groups in total. The van der Waals surface area contributed by atoms with Crippen LogP contribution in [0.25, 0.3) is 0 Å². The topological polar surface area (TPSA) is 0 Å². The zero-order valence-corrected chi connectivity index (χ0v) is 8.67. The van der Waals surface area contributed by atoms with Gasteiger partial charge in [0.05, 0.1) is 0 Å². The highest BCUT2D eigenvalue weighted by molar-refractivity contribution is 7.16. The highest BCUT2D eigenvalue weighted by Gasteiger charge is 2.11. The molecule has 0 aromatic heterocycles. The van der Waals surface area contributed by atoms with Gasteiger partial charge in [-0.1, -0.05) is 44.9 Å². The van der Waals surface area contributed by atoms with Gasteiger partial charge < -0.3 is 0 Å². The molecular weight excluding hydrogens is 151 g/mol. The van der Waals surface area contributed by atoms with Crippen molar-refractivity contribution in [1.29, 1.82) is 0 Å². The maximum Gasteiger partial charge on any atom is -0.0381 e. The van der Waals surface area contributed by atoms with Gasteiger partial charge in [-0.05, 0) is 18.5 Å². The minimum atomic E-state index is 1.10. The molecule has 0 aromatic rings. The van der Waals surface area contributed by atoms with Crippen LogP contribution in [0.3, 0.4) is 0 Å². The lowest BCUT2D eigenvalue weighted by Crippen LogP contribution is -2.05. The Kier molecular flexibility index (Phi) is 5.19. The summed E-state index contributed by atoms with van der Waals surface area (Å²) in [5.74, 6) is 1.10. The predicted molar refractivity (Wildman–Crippen MR) is 55.0 cm³/mol. The van der Waals surface area contributed by atoms with E-state index in [2.05, 4.69) is 9.24 Å². The Bertz CT molecular complexity index is 84.9. The molecule has 0 aromatic carbocycles. The Balaban J connectivity index is 1.96. The second-order valence-electron chi connectivity index (χ2n) is 3.79. The Morgan fingerprint density at radius 2 is 1.73 bits per heavy atom. The average Bonchev–Trinajstić information content (AvgIpc) is 2.07. The van der Waals surface area contributed by atoms with Gasteiger partial charge in [0.2, 0.25) is 0 Å². The summed E-state index contributed by atoms with van der Waals surface area (Å²) in [5, 5.41) is 0. The van der Waals surface area contributed by atoms with Crippen LogP contribution in [0, 0.1) is 5.92 Å². The fraction of sp³-hybridized carbons (Fsp3) is 1.00. The molecule has 1 saturated carbocycles. The minimum absolute atomic E-state index is 1.10. The van der Waals surface area contributed by atoms with Gasteiger partial charge in [-0.15, -0.1) is 9.24 Å². The second-order valence-corrected chi connectivity index (χ2v) is 4.37. The molecule has 66 valence electrons. The second kappa shape index (κ2) is 6.00. The maximum absolute atomic E-state index is 2.82. The molecule has 1 atom stereocenters. The largest absolute Gasteiger partial charge is 0.138 e. The molecule has 11 heavy (non-hydrogen) atoms. The first-order chi connectivity index (χ1) is 5.43. The summed E-state index contributed by atoms with van der Waals surface area (Å²) in [7, 11) is 2.82. The molecule has 0 radical (unpaired) electrons. The van der Waals surface area contributed by atoms with Crippen molar-refractivity contribution in [3.8, 4) is 0 Å². The van der Waals surface area contributed by atoms with Gasteiger partial charge in [0.15, 0.2) is 0 Å². The molecule has 0 spiro atoms. The predicted octanol–water partition coefficient (Wildman–Crippen LogP) is 3.61. The number of hydrogen-bond donors (Lipinski definition) is 0. The third kappa shape index (κ3) is 4.11. The van der Waals surface area contributed by atoms with Crippen molar-refractivity contribution in [1.82, 2.24) is 0 Å². The normalized spacial score (nSPS) is 20.5. The molecule has 0 aliphatic heterocycles. The van der Waals surface area contributed by atoms with Crippen LogP contribution in [0.5, 0.6) is 0 Å². The Morgan fingerprint density at radius 1 is 1.00 bits per heavy atom. The Hall–Kier alpha value is 0.430. The molecule has 0 nitrogen and oxygen atoms in total. The first-order valence-corrected chi connectivity index (χ1v) is 5.95. The van der Waals surface area contributed by atoms with Gasteiger partial charge in [0.1, 0.15) is 0 Å². The van der Waals surface area contributed by atoms with Crippen molar-refractivity contribution in [3.05, 3.63) is 0 Å². The molecule has 1 aliphatic rings. The highest BCUT2D eigenvalue weighted by atomic mass is 31.0. The standard InChI is InChI=1S/C10H21P/c11-9-5-4-8-10-6-2-1-3-7-10/h10H,1-9,11H2. The summed E-state index contributed by atoms with van der Waals surface area (Å²) >= 11 is 0. The highest BCUT2D eigenvalue weighted by Crippen LogP contribution is 2.27. The Labute approximate surface area is 73.3 Å². The monoisotopic (exact) mass is 172 g/mol. The van der Waals surface area contributed by atoms with Gasteiger partial charge in [0.25, 0.3) is 0 Å². The summed E-state index contributed by atoms with van der Waals surface area (Å²) in [6.07, 6.45) is 13.3. The first-order valence-electron chi connectivity index (χ1n) is 5.13. The third-order valence-electron chi connectivity index (χ3n) is 2.79. The maximum atomic E-state index is 2.82. The first kappa shape index (κ1) is 9.52. The average molecular weight is 172 g/mol. The van der Waals surface area contributed by atoms with Crippen molar-refractivity contribution in [2.75, 3.05) is 6.16 Å². The lowest BCUT2D eigenvalue weighted by molar-refractivity contribution is 0.332. The van der Waals surface area contributed by atoms with Crippen LogP contribution in [0.2, 0.25) is 0 Å². The molecular formula is C10H21P. The smallest absolute Gasteiger partial charge is 0.0381 e. The van der Waals surface area contributed by atoms with Crippen molar-refractivity contribution in [2.24, 2.45) is 5.92 Å². The molecule has 1 unspecified atom stereocenters. The van der Waals surface area contributed by atoms with Crippen molar-refractivity contribution in [2.45, 2.75) is 51.4 Å². The van der Waals surface area contributed by atoms with Crippen LogP contribution in [0.4, 0.5) is 0 Å². The van der Waals surface area contributed by atoms with Crippen LogP contribution in [-0.4, -0.2) is 6.16 Å². The van der Waals surface area contributed by atoms with Crippen molar-refractivity contribution >= 4 is 9.24 Å². The summed E-state index contributed by atoms with van der Waals surface area (Å²) in [5.41, 5.74) is 0. The van der Waals surface area contributed by atoms with E-state index in [-0.39, 0.29) is 0 Å². The van der Waals surface area contributed by atoms with E-state index in [0.717, 1.165) is 5.92 Å². The minimum Gasteiger partial charge on any atom is -0.138 e. The fourth-order valence-electron chi connectivity index (χ4n) is 2.05. The summed E-state index contributed by atoms with van der Waals surface area (Å²) in [6.45, 7) is 0. The van der Waals surface area contributed by atoms with E-state index in [9.17, 15) is 0 Å². The number of rotatable bonds is 4.